The number of hydrogen-bond acceptors (Lipinski definition) is 5. The van der Waals surface area contributed by atoms with Gasteiger partial charge in [0.05, 0.1) is 25.4 Å². The fraction of sp³-hybridized carbons (Fsp3) is 0.684. The molecule has 0 aliphatic carbocycles. The van der Waals surface area contributed by atoms with Gasteiger partial charge in [-0.2, -0.15) is 0 Å². The molecule has 2 unspecified atom stereocenters. The first-order chi connectivity index (χ1) is 11.7. The van der Waals surface area contributed by atoms with Crippen LogP contribution in [0.4, 0.5) is 5.69 Å². The Morgan fingerprint density at radius 3 is 2.83 bits per heavy atom. The normalized spacial score (nSPS) is 23.6. The molecule has 2 atom stereocenters. The fourth-order valence-corrected chi connectivity index (χ4v) is 3.48. The number of aryl methyl sites for hydroxylation is 1. The van der Waals surface area contributed by atoms with Crippen molar-refractivity contribution in [2.45, 2.75) is 32.0 Å². The molecule has 1 N–H and O–H groups in total. The molecule has 24 heavy (non-hydrogen) atoms. The second kappa shape index (κ2) is 8.81. The van der Waals surface area contributed by atoms with Crippen LogP contribution < -0.4 is 4.90 Å². The molecule has 2 aliphatic heterocycles. The highest BCUT2D eigenvalue weighted by molar-refractivity contribution is 5.48. The molecule has 0 aromatic heterocycles. The van der Waals surface area contributed by atoms with Crippen LogP contribution in [-0.4, -0.2) is 74.8 Å². The lowest BCUT2D eigenvalue weighted by Crippen LogP contribution is -2.49. The van der Waals surface area contributed by atoms with Gasteiger partial charge in [-0.05, 0) is 37.5 Å². The smallest absolute Gasteiger partial charge is 0.0900 e. The van der Waals surface area contributed by atoms with E-state index in [9.17, 15) is 5.11 Å². The second-order valence-electron chi connectivity index (χ2n) is 6.95. The lowest BCUT2D eigenvalue weighted by molar-refractivity contribution is -0.0254. The molecule has 134 valence electrons. The Balaban J connectivity index is 1.34. The summed E-state index contributed by atoms with van der Waals surface area (Å²) in [7, 11) is 0. The van der Waals surface area contributed by atoms with Crippen molar-refractivity contribution in [3.63, 3.8) is 0 Å². The first-order valence-electron chi connectivity index (χ1n) is 9.12. The first kappa shape index (κ1) is 17.7. The van der Waals surface area contributed by atoms with Gasteiger partial charge in [0.1, 0.15) is 0 Å². The highest BCUT2D eigenvalue weighted by Gasteiger charge is 2.20. The minimum Gasteiger partial charge on any atom is -0.389 e. The number of aliphatic hydroxyl groups excluding tert-OH is 1. The minimum atomic E-state index is -0.420. The van der Waals surface area contributed by atoms with Gasteiger partial charge < -0.3 is 19.5 Å². The van der Waals surface area contributed by atoms with Crippen molar-refractivity contribution in [3.8, 4) is 0 Å². The second-order valence-corrected chi connectivity index (χ2v) is 6.95. The summed E-state index contributed by atoms with van der Waals surface area (Å²) in [5.41, 5.74) is 2.60. The molecule has 0 bridgehead atoms. The molecule has 2 heterocycles. The number of β-amino-alcohol motifs (C(OH)–C–C–N with tert-alkyl or cyclic N) is 1. The number of nitrogens with zero attached hydrogens (tertiary/aromatic N) is 2. The van der Waals surface area contributed by atoms with Crippen LogP contribution in [0.3, 0.4) is 0 Å². The van der Waals surface area contributed by atoms with Crippen molar-refractivity contribution in [2.75, 3.05) is 57.4 Å². The number of piperazine rings is 1. The third kappa shape index (κ3) is 5.18. The van der Waals surface area contributed by atoms with Gasteiger partial charge in [-0.1, -0.05) is 12.1 Å². The Kier molecular flexibility index (Phi) is 6.49. The van der Waals surface area contributed by atoms with Crippen molar-refractivity contribution in [3.05, 3.63) is 29.8 Å². The van der Waals surface area contributed by atoms with Crippen molar-refractivity contribution >= 4 is 5.69 Å². The third-order valence-electron chi connectivity index (χ3n) is 4.85. The lowest BCUT2D eigenvalue weighted by Gasteiger charge is -2.37. The van der Waals surface area contributed by atoms with Gasteiger partial charge in [-0.25, -0.2) is 0 Å². The molecule has 0 radical (unpaired) electrons. The zero-order chi connectivity index (χ0) is 16.8. The number of rotatable bonds is 7. The number of aliphatic hydroxyl groups is 1. The predicted molar refractivity (Wildman–Crippen MR) is 95.6 cm³/mol. The molecular formula is C19H30N2O3. The van der Waals surface area contributed by atoms with E-state index in [1.54, 1.807) is 0 Å². The summed E-state index contributed by atoms with van der Waals surface area (Å²) in [6.45, 7) is 8.66. The highest BCUT2D eigenvalue weighted by atomic mass is 16.5. The zero-order valence-corrected chi connectivity index (χ0v) is 14.7. The van der Waals surface area contributed by atoms with Crippen LogP contribution in [-0.2, 0) is 9.47 Å². The number of hydrogen-bond donors (Lipinski definition) is 1. The van der Waals surface area contributed by atoms with Crippen molar-refractivity contribution in [1.82, 2.24) is 4.90 Å². The Morgan fingerprint density at radius 1 is 1.29 bits per heavy atom. The highest BCUT2D eigenvalue weighted by Crippen LogP contribution is 2.18. The molecular weight excluding hydrogens is 304 g/mol. The average Bonchev–Trinajstić information content (AvgIpc) is 3.09. The summed E-state index contributed by atoms with van der Waals surface area (Å²) in [5.74, 6) is 0. The monoisotopic (exact) mass is 334 g/mol. The number of benzene rings is 1. The van der Waals surface area contributed by atoms with E-state index in [2.05, 4.69) is 41.0 Å². The largest absolute Gasteiger partial charge is 0.389 e. The zero-order valence-electron chi connectivity index (χ0n) is 14.7. The van der Waals surface area contributed by atoms with E-state index < -0.39 is 6.10 Å². The molecule has 2 fully saturated rings. The molecule has 3 rings (SSSR count). The van der Waals surface area contributed by atoms with E-state index in [0.29, 0.717) is 19.8 Å². The molecule has 0 saturated carbocycles. The van der Waals surface area contributed by atoms with Crippen LogP contribution >= 0.6 is 0 Å². The summed E-state index contributed by atoms with van der Waals surface area (Å²) >= 11 is 0. The van der Waals surface area contributed by atoms with Crippen LogP contribution in [0.1, 0.15) is 18.4 Å². The summed E-state index contributed by atoms with van der Waals surface area (Å²) in [6.07, 6.45) is 2.02. The summed E-state index contributed by atoms with van der Waals surface area (Å²) < 4.78 is 11.1. The van der Waals surface area contributed by atoms with Crippen molar-refractivity contribution < 1.29 is 14.6 Å². The molecule has 2 aliphatic rings. The number of anilines is 1. The maximum absolute atomic E-state index is 10.2. The first-order valence-corrected chi connectivity index (χ1v) is 9.12. The van der Waals surface area contributed by atoms with Gasteiger partial charge in [-0.15, -0.1) is 0 Å². The van der Waals surface area contributed by atoms with E-state index in [-0.39, 0.29) is 6.10 Å². The van der Waals surface area contributed by atoms with Gasteiger partial charge in [-0.3, -0.25) is 4.90 Å². The molecule has 5 heteroatoms. The molecule has 1 aromatic rings. The topological polar surface area (TPSA) is 45.2 Å². The van der Waals surface area contributed by atoms with Gasteiger partial charge in [0, 0.05) is 45.0 Å². The molecule has 2 saturated heterocycles. The molecule has 1 aromatic carbocycles. The van der Waals surface area contributed by atoms with Crippen LogP contribution in [0.25, 0.3) is 0 Å². The maximum Gasteiger partial charge on any atom is 0.0900 e. The van der Waals surface area contributed by atoms with Crippen molar-refractivity contribution in [1.29, 1.82) is 0 Å². The van der Waals surface area contributed by atoms with E-state index in [1.165, 1.54) is 11.3 Å². The molecule has 5 nitrogen and oxygen atoms in total. The lowest BCUT2D eigenvalue weighted by atomic mass is 10.2. The van der Waals surface area contributed by atoms with Crippen LogP contribution in [0.15, 0.2) is 24.3 Å². The SMILES string of the molecule is Cc1cccc(N2CCN(CC(O)COCC3CCCO3)CC2)c1. The van der Waals surface area contributed by atoms with Crippen LogP contribution in [0.5, 0.6) is 0 Å². The summed E-state index contributed by atoms with van der Waals surface area (Å²) in [4.78, 5) is 4.75. The number of ether oxygens (including phenoxy) is 2. The molecule has 0 amide bonds. The average molecular weight is 334 g/mol. The van der Waals surface area contributed by atoms with E-state index in [1.807, 2.05) is 0 Å². The summed E-state index contributed by atoms with van der Waals surface area (Å²) in [5, 5.41) is 10.2. The van der Waals surface area contributed by atoms with Crippen LogP contribution in [0, 0.1) is 6.92 Å². The quantitative estimate of drug-likeness (QED) is 0.822. The van der Waals surface area contributed by atoms with Gasteiger partial charge in [0.15, 0.2) is 0 Å². The van der Waals surface area contributed by atoms with Gasteiger partial charge >= 0.3 is 0 Å². The molecule has 0 spiro atoms. The van der Waals surface area contributed by atoms with Crippen LogP contribution in [0.2, 0.25) is 0 Å². The van der Waals surface area contributed by atoms with E-state index >= 15 is 0 Å². The maximum atomic E-state index is 10.2. The van der Waals surface area contributed by atoms with Crippen molar-refractivity contribution in [2.24, 2.45) is 0 Å². The Morgan fingerprint density at radius 2 is 2.12 bits per heavy atom. The minimum absolute atomic E-state index is 0.232. The Bertz CT molecular complexity index is 497. The summed E-state index contributed by atoms with van der Waals surface area (Å²) in [6, 6.07) is 8.67. The van der Waals surface area contributed by atoms with Gasteiger partial charge in [0.2, 0.25) is 0 Å². The van der Waals surface area contributed by atoms with Gasteiger partial charge in [0.25, 0.3) is 0 Å². The standard InChI is InChI=1S/C19H30N2O3/c1-16-4-2-5-17(12-16)21-9-7-20(8-10-21)13-18(22)14-23-15-19-6-3-11-24-19/h2,4-5,12,18-19,22H,3,6-11,13-15H2,1H3. The fourth-order valence-electron chi connectivity index (χ4n) is 3.48. The Hall–Kier alpha value is -1.14. The third-order valence-corrected chi connectivity index (χ3v) is 4.85. The Labute approximate surface area is 145 Å². The van der Waals surface area contributed by atoms with E-state index in [4.69, 9.17) is 9.47 Å². The van der Waals surface area contributed by atoms with E-state index in [0.717, 1.165) is 45.6 Å². The predicted octanol–water partition coefficient (Wildman–Crippen LogP) is 1.67.